The third-order valence-electron chi connectivity index (χ3n) is 2.36. The molecule has 0 N–H and O–H groups in total. The van der Waals surface area contributed by atoms with Crippen molar-refractivity contribution in [2.75, 3.05) is 6.61 Å². The number of benzene rings is 1. The summed E-state index contributed by atoms with van der Waals surface area (Å²) in [5.74, 6) is -3.48. The fourth-order valence-electron chi connectivity index (χ4n) is 1.50. The Hall–Kier alpha value is -2.18. The molecule has 0 amide bonds. The summed E-state index contributed by atoms with van der Waals surface area (Å²) >= 11 is 0. The molecule has 4 nitrogen and oxygen atoms in total. The zero-order valence-corrected chi connectivity index (χ0v) is 10.5. The van der Waals surface area contributed by atoms with Crippen LogP contribution in [0, 0.1) is 0 Å². The molecule has 0 atom stereocenters. The van der Waals surface area contributed by atoms with Gasteiger partial charge in [0.15, 0.2) is 5.78 Å². The Balaban J connectivity index is 2.94. The van der Waals surface area contributed by atoms with E-state index in [2.05, 4.69) is 4.74 Å². The SMILES string of the molecule is CCOC(=O)C(=O)CC(=O)c1ccccc1C(F)(F)F. The largest absolute Gasteiger partial charge is 0.460 e. The van der Waals surface area contributed by atoms with E-state index >= 15 is 0 Å². The smallest absolute Gasteiger partial charge is 0.417 e. The summed E-state index contributed by atoms with van der Waals surface area (Å²) < 4.78 is 42.5. The topological polar surface area (TPSA) is 60.4 Å². The molecule has 0 radical (unpaired) electrons. The molecule has 1 rings (SSSR count). The van der Waals surface area contributed by atoms with Crippen molar-refractivity contribution in [3.63, 3.8) is 0 Å². The van der Waals surface area contributed by atoms with Crippen LogP contribution in [0.2, 0.25) is 0 Å². The quantitative estimate of drug-likeness (QED) is 0.361. The Morgan fingerprint density at radius 2 is 1.75 bits per heavy atom. The van der Waals surface area contributed by atoms with Gasteiger partial charge in [-0.25, -0.2) is 4.79 Å². The summed E-state index contributed by atoms with van der Waals surface area (Å²) in [5, 5.41) is 0. The molecule has 0 aliphatic heterocycles. The van der Waals surface area contributed by atoms with E-state index in [1.807, 2.05) is 0 Å². The number of ether oxygens (including phenoxy) is 1. The Morgan fingerprint density at radius 1 is 1.15 bits per heavy atom. The maximum absolute atomic E-state index is 12.7. The lowest BCUT2D eigenvalue weighted by Crippen LogP contribution is -2.22. The molecule has 0 bridgehead atoms. The van der Waals surface area contributed by atoms with E-state index in [1.54, 1.807) is 0 Å². The van der Waals surface area contributed by atoms with E-state index in [-0.39, 0.29) is 6.61 Å². The number of rotatable bonds is 5. The maximum atomic E-state index is 12.7. The first-order valence-corrected chi connectivity index (χ1v) is 5.66. The van der Waals surface area contributed by atoms with Crippen molar-refractivity contribution in [3.05, 3.63) is 35.4 Å². The van der Waals surface area contributed by atoms with Crippen molar-refractivity contribution in [1.29, 1.82) is 0 Å². The van der Waals surface area contributed by atoms with Crippen LogP contribution in [-0.2, 0) is 20.5 Å². The van der Waals surface area contributed by atoms with Crippen LogP contribution in [0.15, 0.2) is 24.3 Å². The molecular weight excluding hydrogens is 277 g/mol. The molecule has 1 aromatic carbocycles. The first kappa shape index (κ1) is 15.9. The van der Waals surface area contributed by atoms with Crippen molar-refractivity contribution in [2.24, 2.45) is 0 Å². The van der Waals surface area contributed by atoms with E-state index < -0.39 is 41.3 Å². The summed E-state index contributed by atoms with van der Waals surface area (Å²) in [5.41, 5.74) is -1.78. The highest BCUT2D eigenvalue weighted by Crippen LogP contribution is 2.32. The highest BCUT2D eigenvalue weighted by atomic mass is 19.4. The van der Waals surface area contributed by atoms with Crippen LogP contribution >= 0.6 is 0 Å². The molecule has 0 aromatic heterocycles. The number of ketones is 2. The van der Waals surface area contributed by atoms with Crippen LogP contribution in [0.4, 0.5) is 13.2 Å². The molecule has 20 heavy (non-hydrogen) atoms. The van der Waals surface area contributed by atoms with E-state index in [1.165, 1.54) is 13.0 Å². The fraction of sp³-hybridized carbons (Fsp3) is 0.308. The second-order valence-corrected chi connectivity index (χ2v) is 3.79. The number of esters is 1. The van der Waals surface area contributed by atoms with Gasteiger partial charge >= 0.3 is 12.1 Å². The Morgan fingerprint density at radius 3 is 2.30 bits per heavy atom. The molecule has 108 valence electrons. The highest BCUT2D eigenvalue weighted by molar-refractivity contribution is 6.38. The van der Waals surface area contributed by atoms with Gasteiger partial charge in [0.05, 0.1) is 18.6 Å². The second kappa shape index (κ2) is 6.31. The summed E-state index contributed by atoms with van der Waals surface area (Å²) in [7, 11) is 0. The van der Waals surface area contributed by atoms with E-state index in [4.69, 9.17) is 0 Å². The van der Waals surface area contributed by atoms with Gasteiger partial charge in [-0.05, 0) is 13.0 Å². The first-order chi connectivity index (χ1) is 9.27. The lowest BCUT2D eigenvalue weighted by Gasteiger charge is -2.11. The van der Waals surface area contributed by atoms with Gasteiger partial charge in [0.25, 0.3) is 0 Å². The summed E-state index contributed by atoms with van der Waals surface area (Å²) in [6.07, 6.45) is -5.66. The molecule has 0 heterocycles. The highest BCUT2D eigenvalue weighted by Gasteiger charge is 2.35. The number of carbonyl (C=O) groups is 3. The van der Waals surface area contributed by atoms with Gasteiger partial charge in [-0.2, -0.15) is 13.2 Å². The number of carbonyl (C=O) groups excluding carboxylic acids is 3. The molecular formula is C13H11F3O4. The van der Waals surface area contributed by atoms with Crippen molar-refractivity contribution in [3.8, 4) is 0 Å². The average molecular weight is 288 g/mol. The van der Waals surface area contributed by atoms with E-state index in [9.17, 15) is 27.6 Å². The van der Waals surface area contributed by atoms with Crippen LogP contribution in [0.3, 0.4) is 0 Å². The third kappa shape index (κ3) is 3.91. The van der Waals surface area contributed by atoms with Gasteiger partial charge in [0.1, 0.15) is 0 Å². The predicted octanol–water partition coefficient (Wildman–Crippen LogP) is 2.41. The van der Waals surface area contributed by atoms with Gasteiger partial charge in [0, 0.05) is 5.56 Å². The van der Waals surface area contributed by atoms with Crippen molar-refractivity contribution >= 4 is 17.5 Å². The molecule has 0 unspecified atom stereocenters. The molecule has 0 spiro atoms. The molecule has 7 heteroatoms. The Kier molecular flexibility index (Phi) is 5.01. The molecule has 0 saturated heterocycles. The van der Waals surface area contributed by atoms with Crippen molar-refractivity contribution in [2.45, 2.75) is 19.5 Å². The zero-order chi connectivity index (χ0) is 15.3. The number of alkyl halides is 3. The van der Waals surface area contributed by atoms with Gasteiger partial charge in [0.2, 0.25) is 5.78 Å². The summed E-state index contributed by atoms with van der Waals surface area (Å²) in [6.45, 7) is 1.41. The molecule has 1 aromatic rings. The van der Waals surface area contributed by atoms with E-state index in [0.29, 0.717) is 0 Å². The fourth-order valence-corrected chi connectivity index (χ4v) is 1.50. The minimum Gasteiger partial charge on any atom is -0.460 e. The number of Topliss-reactive ketones (excluding diaryl/α,β-unsaturated/α-hetero) is 2. The van der Waals surface area contributed by atoms with Crippen molar-refractivity contribution in [1.82, 2.24) is 0 Å². The standard InChI is InChI=1S/C13H11F3O4/c1-2-20-12(19)11(18)7-10(17)8-5-3-4-6-9(8)13(14,15)16/h3-6H,2,7H2,1H3. The number of hydrogen-bond acceptors (Lipinski definition) is 4. The Bertz CT molecular complexity index is 535. The van der Waals surface area contributed by atoms with Crippen LogP contribution in [0.1, 0.15) is 29.3 Å². The van der Waals surface area contributed by atoms with Crippen LogP contribution < -0.4 is 0 Å². The molecule has 0 aliphatic carbocycles. The van der Waals surface area contributed by atoms with Gasteiger partial charge in [-0.3, -0.25) is 9.59 Å². The lowest BCUT2D eigenvalue weighted by molar-refractivity contribution is -0.153. The average Bonchev–Trinajstić information content (AvgIpc) is 2.37. The third-order valence-corrected chi connectivity index (χ3v) is 2.36. The van der Waals surface area contributed by atoms with Crippen LogP contribution in [0.5, 0.6) is 0 Å². The monoisotopic (exact) mass is 288 g/mol. The lowest BCUT2D eigenvalue weighted by atomic mass is 10.00. The Labute approximate surface area is 112 Å². The van der Waals surface area contributed by atoms with Gasteiger partial charge in [-0.15, -0.1) is 0 Å². The van der Waals surface area contributed by atoms with Crippen LogP contribution in [0.25, 0.3) is 0 Å². The molecule has 0 aliphatic rings. The number of halogens is 3. The normalized spacial score (nSPS) is 11.0. The van der Waals surface area contributed by atoms with Crippen LogP contribution in [-0.4, -0.2) is 24.1 Å². The number of hydrogen-bond donors (Lipinski definition) is 0. The van der Waals surface area contributed by atoms with Gasteiger partial charge < -0.3 is 4.74 Å². The van der Waals surface area contributed by atoms with E-state index in [0.717, 1.165) is 18.2 Å². The van der Waals surface area contributed by atoms with Crippen molar-refractivity contribution < 1.29 is 32.3 Å². The maximum Gasteiger partial charge on any atom is 0.417 e. The second-order valence-electron chi connectivity index (χ2n) is 3.79. The summed E-state index contributed by atoms with van der Waals surface area (Å²) in [6, 6.07) is 4.08. The zero-order valence-electron chi connectivity index (χ0n) is 10.5. The molecule has 0 fully saturated rings. The minimum atomic E-state index is -4.71. The summed E-state index contributed by atoms with van der Waals surface area (Å²) in [4.78, 5) is 34.0. The predicted molar refractivity (Wildman–Crippen MR) is 62.0 cm³/mol. The molecule has 0 saturated carbocycles. The van der Waals surface area contributed by atoms with Gasteiger partial charge in [-0.1, -0.05) is 18.2 Å². The first-order valence-electron chi connectivity index (χ1n) is 5.66. The minimum absolute atomic E-state index is 0.0576.